The van der Waals surface area contributed by atoms with E-state index in [-0.39, 0.29) is 18.3 Å². The Morgan fingerprint density at radius 2 is 1.73 bits per heavy atom. The number of hydrogen-bond acceptors (Lipinski definition) is 5. The summed E-state index contributed by atoms with van der Waals surface area (Å²) in [5, 5.41) is 7.00. The van der Waals surface area contributed by atoms with Gasteiger partial charge in [0.05, 0.1) is 25.4 Å². The first kappa shape index (κ1) is 14.8. The molecule has 0 aromatic heterocycles. The van der Waals surface area contributed by atoms with Gasteiger partial charge in [-0.1, -0.05) is 0 Å². The molecule has 0 aliphatic carbocycles. The van der Waals surface area contributed by atoms with Crippen molar-refractivity contribution >= 4 is 0 Å². The third-order valence-corrected chi connectivity index (χ3v) is 2.36. The molecule has 0 saturated carbocycles. The SMILES string of the molecule is CO.COC[C@@H]1C[C@H](OC)[C@H](OC)CO1. The Labute approximate surface area is 91.3 Å². The molecule has 1 aliphatic rings. The fourth-order valence-electron chi connectivity index (χ4n) is 1.59. The standard InChI is InChI=1S/C9H18O4.CH4O/c1-10-5-7-4-8(11-2)9(12-3)6-13-7;1-2/h7-9H,4-6H2,1-3H3;2H,1H3/t7-,8-,9+;/m0./s1. The second-order valence-electron chi connectivity index (χ2n) is 3.19. The summed E-state index contributed by atoms with van der Waals surface area (Å²) >= 11 is 0. The summed E-state index contributed by atoms with van der Waals surface area (Å²) in [5.74, 6) is 0. The lowest BCUT2D eigenvalue weighted by Crippen LogP contribution is -2.44. The van der Waals surface area contributed by atoms with Crippen molar-refractivity contribution in [3.8, 4) is 0 Å². The van der Waals surface area contributed by atoms with E-state index < -0.39 is 0 Å². The maximum atomic E-state index is 7.00. The zero-order valence-electron chi connectivity index (χ0n) is 9.93. The third kappa shape index (κ3) is 4.90. The smallest absolute Gasteiger partial charge is 0.107 e. The summed E-state index contributed by atoms with van der Waals surface area (Å²) < 4.78 is 21.1. The molecule has 15 heavy (non-hydrogen) atoms. The maximum Gasteiger partial charge on any atom is 0.107 e. The van der Waals surface area contributed by atoms with Gasteiger partial charge in [-0.05, 0) is 0 Å². The van der Waals surface area contributed by atoms with E-state index >= 15 is 0 Å². The molecule has 0 spiro atoms. The Morgan fingerprint density at radius 1 is 1.13 bits per heavy atom. The average molecular weight is 222 g/mol. The van der Waals surface area contributed by atoms with Crippen molar-refractivity contribution in [3.63, 3.8) is 0 Å². The van der Waals surface area contributed by atoms with Gasteiger partial charge in [0.25, 0.3) is 0 Å². The van der Waals surface area contributed by atoms with Crippen molar-refractivity contribution < 1.29 is 24.1 Å². The van der Waals surface area contributed by atoms with Gasteiger partial charge in [-0.3, -0.25) is 0 Å². The van der Waals surface area contributed by atoms with E-state index in [1.807, 2.05) is 0 Å². The highest BCUT2D eigenvalue weighted by molar-refractivity contribution is 4.79. The minimum Gasteiger partial charge on any atom is -0.400 e. The number of ether oxygens (including phenoxy) is 4. The van der Waals surface area contributed by atoms with Gasteiger partial charge in [-0.25, -0.2) is 0 Å². The van der Waals surface area contributed by atoms with Crippen LogP contribution in [-0.2, 0) is 18.9 Å². The van der Waals surface area contributed by atoms with E-state index in [2.05, 4.69) is 0 Å². The number of aliphatic hydroxyl groups excluding tert-OH is 1. The van der Waals surface area contributed by atoms with Gasteiger partial charge >= 0.3 is 0 Å². The molecule has 5 nitrogen and oxygen atoms in total. The predicted octanol–water partition coefficient (Wildman–Crippen LogP) is 0.0602. The zero-order chi connectivity index (χ0) is 11.7. The van der Waals surface area contributed by atoms with Crippen LogP contribution in [0.15, 0.2) is 0 Å². The first-order valence-corrected chi connectivity index (χ1v) is 4.92. The molecule has 92 valence electrons. The number of rotatable bonds is 4. The molecule has 1 N–H and O–H groups in total. The lowest BCUT2D eigenvalue weighted by atomic mass is 10.0. The number of aliphatic hydroxyl groups is 1. The van der Waals surface area contributed by atoms with E-state index in [1.165, 1.54) is 0 Å². The van der Waals surface area contributed by atoms with Crippen LogP contribution >= 0.6 is 0 Å². The van der Waals surface area contributed by atoms with Gasteiger partial charge in [-0.2, -0.15) is 0 Å². The van der Waals surface area contributed by atoms with Gasteiger partial charge in [0.15, 0.2) is 0 Å². The Bertz CT molecular complexity index is 142. The molecule has 1 heterocycles. The van der Waals surface area contributed by atoms with E-state index in [9.17, 15) is 0 Å². The molecule has 1 rings (SSSR count). The summed E-state index contributed by atoms with van der Waals surface area (Å²) in [4.78, 5) is 0. The molecular formula is C10H22O5. The van der Waals surface area contributed by atoms with Crippen LogP contribution in [-0.4, -0.2) is 65.1 Å². The summed E-state index contributed by atoms with van der Waals surface area (Å²) in [6.07, 6.45) is 1.15. The molecule has 0 bridgehead atoms. The predicted molar refractivity (Wildman–Crippen MR) is 56.0 cm³/mol. The Morgan fingerprint density at radius 3 is 2.20 bits per heavy atom. The van der Waals surface area contributed by atoms with E-state index in [0.717, 1.165) is 13.5 Å². The van der Waals surface area contributed by atoms with Crippen molar-refractivity contribution in [2.24, 2.45) is 0 Å². The molecule has 5 heteroatoms. The van der Waals surface area contributed by atoms with Crippen LogP contribution in [0.2, 0.25) is 0 Å². The van der Waals surface area contributed by atoms with Crippen LogP contribution in [0.3, 0.4) is 0 Å². The first-order valence-electron chi connectivity index (χ1n) is 4.92. The van der Waals surface area contributed by atoms with Crippen LogP contribution in [0, 0.1) is 0 Å². The van der Waals surface area contributed by atoms with Crippen molar-refractivity contribution in [1.29, 1.82) is 0 Å². The van der Waals surface area contributed by atoms with Crippen molar-refractivity contribution in [1.82, 2.24) is 0 Å². The second kappa shape index (κ2) is 9.06. The molecule has 0 amide bonds. The minimum absolute atomic E-state index is 0.0538. The highest BCUT2D eigenvalue weighted by Gasteiger charge is 2.31. The normalized spacial score (nSPS) is 30.6. The van der Waals surface area contributed by atoms with Crippen LogP contribution < -0.4 is 0 Å². The second-order valence-corrected chi connectivity index (χ2v) is 3.19. The quantitative estimate of drug-likeness (QED) is 0.729. The van der Waals surface area contributed by atoms with E-state index in [4.69, 9.17) is 24.1 Å². The fraction of sp³-hybridized carbons (Fsp3) is 1.00. The number of hydrogen-bond donors (Lipinski definition) is 1. The Hall–Kier alpha value is -0.200. The molecule has 0 unspecified atom stereocenters. The molecule has 1 fully saturated rings. The molecule has 0 radical (unpaired) electrons. The lowest BCUT2D eigenvalue weighted by molar-refractivity contribution is -0.154. The van der Waals surface area contributed by atoms with Crippen molar-refractivity contribution in [3.05, 3.63) is 0 Å². The third-order valence-electron chi connectivity index (χ3n) is 2.36. The summed E-state index contributed by atoms with van der Waals surface area (Å²) in [5.41, 5.74) is 0. The van der Waals surface area contributed by atoms with Gasteiger partial charge < -0.3 is 24.1 Å². The molecule has 0 aromatic carbocycles. The van der Waals surface area contributed by atoms with Crippen LogP contribution in [0.1, 0.15) is 6.42 Å². The Balaban J connectivity index is 0.000000921. The van der Waals surface area contributed by atoms with Gasteiger partial charge in [-0.15, -0.1) is 0 Å². The highest BCUT2D eigenvalue weighted by atomic mass is 16.6. The first-order chi connectivity index (χ1) is 7.31. The maximum absolute atomic E-state index is 7.00. The van der Waals surface area contributed by atoms with Crippen LogP contribution in [0.4, 0.5) is 0 Å². The highest BCUT2D eigenvalue weighted by Crippen LogP contribution is 2.18. The van der Waals surface area contributed by atoms with Gasteiger partial charge in [0.1, 0.15) is 6.10 Å². The summed E-state index contributed by atoms with van der Waals surface area (Å²) in [7, 11) is 6.05. The number of methoxy groups -OCH3 is 3. The molecule has 1 saturated heterocycles. The summed E-state index contributed by atoms with van der Waals surface area (Å²) in [6, 6.07) is 0. The molecule has 3 atom stereocenters. The largest absolute Gasteiger partial charge is 0.400 e. The lowest BCUT2D eigenvalue weighted by Gasteiger charge is -2.34. The monoisotopic (exact) mass is 222 g/mol. The minimum atomic E-state index is 0.0538. The fourth-order valence-corrected chi connectivity index (χ4v) is 1.59. The van der Waals surface area contributed by atoms with E-state index in [0.29, 0.717) is 13.2 Å². The van der Waals surface area contributed by atoms with Gasteiger partial charge in [0.2, 0.25) is 0 Å². The topological polar surface area (TPSA) is 57.2 Å². The zero-order valence-corrected chi connectivity index (χ0v) is 9.93. The average Bonchev–Trinajstić information content (AvgIpc) is 2.32. The van der Waals surface area contributed by atoms with Crippen molar-refractivity contribution in [2.75, 3.05) is 41.7 Å². The molecular weight excluding hydrogens is 200 g/mol. The Kier molecular flexibility index (Phi) is 8.94. The van der Waals surface area contributed by atoms with Crippen LogP contribution in [0.25, 0.3) is 0 Å². The molecule has 1 aliphatic heterocycles. The summed E-state index contributed by atoms with van der Waals surface area (Å²) in [6.45, 7) is 1.21. The van der Waals surface area contributed by atoms with E-state index in [1.54, 1.807) is 21.3 Å². The van der Waals surface area contributed by atoms with Crippen LogP contribution in [0.5, 0.6) is 0 Å². The van der Waals surface area contributed by atoms with Gasteiger partial charge in [0, 0.05) is 34.9 Å². The molecule has 0 aromatic rings. The van der Waals surface area contributed by atoms with Crippen molar-refractivity contribution in [2.45, 2.75) is 24.7 Å².